The second-order valence-corrected chi connectivity index (χ2v) is 8.41. The number of hydrogen-bond acceptors (Lipinski definition) is 4. The van der Waals surface area contributed by atoms with E-state index in [1.165, 1.54) is 0 Å². The third-order valence-corrected chi connectivity index (χ3v) is 5.99. The van der Waals surface area contributed by atoms with E-state index in [1.807, 2.05) is 72.8 Å². The first kappa shape index (κ1) is 22.4. The minimum Gasteiger partial charge on any atom is -0.488 e. The van der Waals surface area contributed by atoms with Crippen LogP contribution in [0.15, 0.2) is 102 Å². The first-order valence-electron chi connectivity index (χ1n) is 11.4. The van der Waals surface area contributed by atoms with Crippen LogP contribution in [0, 0.1) is 0 Å². The van der Waals surface area contributed by atoms with Crippen molar-refractivity contribution in [2.75, 3.05) is 0 Å². The van der Waals surface area contributed by atoms with Crippen LogP contribution in [0.3, 0.4) is 0 Å². The van der Waals surface area contributed by atoms with E-state index in [1.54, 1.807) is 12.3 Å². The Morgan fingerprint density at radius 3 is 2.43 bits per heavy atom. The van der Waals surface area contributed by atoms with Gasteiger partial charge in [-0.05, 0) is 46.5 Å². The van der Waals surface area contributed by atoms with E-state index < -0.39 is 5.97 Å². The number of carboxylic acid groups (broad SMARTS) is 1. The molecule has 0 saturated carbocycles. The number of ether oxygens (including phenoxy) is 1. The minimum atomic E-state index is -0.901. The minimum absolute atomic E-state index is 0.117. The molecule has 35 heavy (non-hydrogen) atoms. The topological polar surface area (TPSA) is 85.7 Å². The van der Waals surface area contributed by atoms with Crippen LogP contribution in [0.5, 0.6) is 5.75 Å². The van der Waals surface area contributed by atoms with Gasteiger partial charge in [-0.15, -0.1) is 0 Å². The molecule has 0 aliphatic heterocycles. The van der Waals surface area contributed by atoms with Gasteiger partial charge >= 0.3 is 5.97 Å². The number of furan rings is 1. The number of aliphatic carboxylic acids is 1. The number of carboxylic acids is 1. The van der Waals surface area contributed by atoms with Crippen molar-refractivity contribution in [1.82, 2.24) is 0 Å². The Hall–Kier alpha value is -4.35. The fraction of sp³-hybridized carbons (Fsp3) is 0.100. The summed E-state index contributed by atoms with van der Waals surface area (Å²) in [6.45, 7) is 0.738. The number of para-hydroxylation sites is 1. The lowest BCUT2D eigenvalue weighted by molar-refractivity contribution is -0.136. The van der Waals surface area contributed by atoms with Gasteiger partial charge in [-0.25, -0.2) is 0 Å². The Morgan fingerprint density at radius 2 is 1.63 bits per heavy atom. The summed E-state index contributed by atoms with van der Waals surface area (Å²) in [6.07, 6.45) is 1.56. The molecule has 3 N–H and O–H groups in total. The molecule has 1 aromatic heterocycles. The van der Waals surface area contributed by atoms with Crippen molar-refractivity contribution < 1.29 is 19.1 Å². The van der Waals surface area contributed by atoms with Crippen LogP contribution >= 0.6 is 0 Å². The maximum absolute atomic E-state index is 11.5. The predicted molar refractivity (Wildman–Crippen MR) is 137 cm³/mol. The standard InChI is InChI=1S/C30H25NO4/c31-18-20-6-4-9-23(14-20)27-16-21(15-25-12-13-34-30(25)27)19-35-29-24(17-28(32)33)10-5-11-26(29)22-7-2-1-3-8-22/h1-16H,17-19,31H2,(H,32,33). The van der Waals surface area contributed by atoms with E-state index >= 15 is 0 Å². The molecule has 5 nitrogen and oxygen atoms in total. The fourth-order valence-electron chi connectivity index (χ4n) is 4.37. The number of nitrogens with two attached hydrogens (primary N) is 1. The van der Waals surface area contributed by atoms with E-state index in [9.17, 15) is 9.90 Å². The molecule has 0 aliphatic rings. The van der Waals surface area contributed by atoms with Gasteiger partial charge in [-0.2, -0.15) is 0 Å². The van der Waals surface area contributed by atoms with Crippen LogP contribution in [0.25, 0.3) is 33.2 Å². The summed E-state index contributed by atoms with van der Waals surface area (Å²) in [4.78, 5) is 11.5. The van der Waals surface area contributed by atoms with E-state index in [0.29, 0.717) is 17.9 Å². The monoisotopic (exact) mass is 463 g/mol. The van der Waals surface area contributed by atoms with Crippen LogP contribution in [0.4, 0.5) is 0 Å². The number of benzene rings is 4. The predicted octanol–water partition coefficient (Wildman–Crippen LogP) is 6.43. The second kappa shape index (κ2) is 9.87. The molecule has 0 amide bonds. The van der Waals surface area contributed by atoms with Crippen molar-refractivity contribution in [2.45, 2.75) is 19.6 Å². The number of hydrogen-bond donors (Lipinski definition) is 2. The van der Waals surface area contributed by atoms with Crippen LogP contribution in [-0.2, 0) is 24.4 Å². The molecule has 5 rings (SSSR count). The van der Waals surface area contributed by atoms with E-state index in [-0.39, 0.29) is 13.0 Å². The Morgan fingerprint density at radius 1 is 0.829 bits per heavy atom. The lowest BCUT2D eigenvalue weighted by Gasteiger charge is -2.16. The normalized spacial score (nSPS) is 11.0. The highest BCUT2D eigenvalue weighted by Crippen LogP contribution is 2.36. The molecular weight excluding hydrogens is 438 g/mol. The summed E-state index contributed by atoms with van der Waals surface area (Å²) in [5.41, 5.74) is 13.1. The maximum atomic E-state index is 11.5. The van der Waals surface area contributed by atoms with Crippen LogP contribution in [0.2, 0.25) is 0 Å². The lowest BCUT2D eigenvalue weighted by atomic mass is 9.98. The molecule has 4 aromatic carbocycles. The average molecular weight is 464 g/mol. The molecule has 0 atom stereocenters. The Labute approximate surface area is 203 Å². The average Bonchev–Trinajstić information content (AvgIpc) is 3.36. The molecule has 174 valence electrons. The zero-order valence-corrected chi connectivity index (χ0v) is 19.1. The van der Waals surface area contributed by atoms with Gasteiger partial charge < -0.3 is 20.0 Å². The van der Waals surface area contributed by atoms with E-state index in [0.717, 1.165) is 44.3 Å². The largest absolute Gasteiger partial charge is 0.488 e. The summed E-state index contributed by atoms with van der Waals surface area (Å²) in [6, 6.07) is 29.6. The van der Waals surface area contributed by atoms with Gasteiger partial charge in [-0.3, -0.25) is 4.79 Å². The molecule has 0 unspecified atom stereocenters. The molecule has 0 spiro atoms. The Kier molecular flexibility index (Phi) is 6.33. The van der Waals surface area contributed by atoms with Crippen molar-refractivity contribution in [3.8, 4) is 28.0 Å². The Bertz CT molecular complexity index is 1490. The molecule has 0 fully saturated rings. The highest BCUT2D eigenvalue weighted by molar-refractivity contribution is 5.93. The number of fused-ring (bicyclic) bond motifs is 1. The SMILES string of the molecule is NCc1cccc(-c2cc(COc3c(CC(=O)O)cccc3-c3ccccc3)cc3ccoc23)c1. The van der Waals surface area contributed by atoms with Crippen molar-refractivity contribution in [3.63, 3.8) is 0 Å². The molecule has 1 heterocycles. The second-order valence-electron chi connectivity index (χ2n) is 8.41. The Balaban J connectivity index is 1.54. The summed E-state index contributed by atoms with van der Waals surface area (Å²) < 4.78 is 12.2. The van der Waals surface area contributed by atoms with Gasteiger partial charge in [0, 0.05) is 28.6 Å². The van der Waals surface area contributed by atoms with E-state index in [4.69, 9.17) is 14.9 Å². The summed E-state index contributed by atoms with van der Waals surface area (Å²) in [5, 5.41) is 10.4. The number of carbonyl (C=O) groups is 1. The molecule has 0 radical (unpaired) electrons. The molecular formula is C30H25NO4. The molecule has 0 saturated heterocycles. The molecule has 5 heteroatoms. The highest BCUT2D eigenvalue weighted by atomic mass is 16.5. The molecule has 0 aliphatic carbocycles. The van der Waals surface area contributed by atoms with Crippen LogP contribution in [-0.4, -0.2) is 11.1 Å². The van der Waals surface area contributed by atoms with Crippen molar-refractivity contribution in [1.29, 1.82) is 0 Å². The zero-order chi connectivity index (χ0) is 24.2. The van der Waals surface area contributed by atoms with Gasteiger partial charge in [0.25, 0.3) is 0 Å². The lowest BCUT2D eigenvalue weighted by Crippen LogP contribution is -2.05. The third-order valence-electron chi connectivity index (χ3n) is 5.99. The van der Waals surface area contributed by atoms with Crippen molar-refractivity contribution in [2.24, 2.45) is 5.73 Å². The number of rotatable bonds is 8. The fourth-order valence-corrected chi connectivity index (χ4v) is 4.37. The quantitative estimate of drug-likeness (QED) is 0.277. The molecule has 0 bridgehead atoms. The van der Waals surface area contributed by atoms with Gasteiger partial charge in [-0.1, -0.05) is 66.7 Å². The summed E-state index contributed by atoms with van der Waals surface area (Å²) >= 11 is 0. The molecule has 5 aromatic rings. The third kappa shape index (κ3) is 4.81. The summed E-state index contributed by atoms with van der Waals surface area (Å²) in [5.74, 6) is -0.318. The maximum Gasteiger partial charge on any atom is 0.307 e. The van der Waals surface area contributed by atoms with Gasteiger partial charge in [0.2, 0.25) is 0 Å². The summed E-state index contributed by atoms with van der Waals surface area (Å²) in [7, 11) is 0. The van der Waals surface area contributed by atoms with Gasteiger partial charge in [0.15, 0.2) is 0 Å². The van der Waals surface area contributed by atoms with Crippen molar-refractivity contribution >= 4 is 16.9 Å². The first-order chi connectivity index (χ1) is 17.1. The smallest absolute Gasteiger partial charge is 0.307 e. The first-order valence-corrected chi connectivity index (χ1v) is 11.4. The van der Waals surface area contributed by atoms with Gasteiger partial charge in [0.05, 0.1) is 12.7 Å². The van der Waals surface area contributed by atoms with E-state index in [2.05, 4.69) is 12.1 Å². The van der Waals surface area contributed by atoms with Crippen LogP contribution in [0.1, 0.15) is 16.7 Å². The van der Waals surface area contributed by atoms with Crippen LogP contribution < -0.4 is 10.5 Å². The van der Waals surface area contributed by atoms with Gasteiger partial charge in [0.1, 0.15) is 17.9 Å². The zero-order valence-electron chi connectivity index (χ0n) is 19.1. The van der Waals surface area contributed by atoms with Crippen molar-refractivity contribution in [3.05, 3.63) is 114 Å². The highest BCUT2D eigenvalue weighted by Gasteiger charge is 2.16.